The molecular weight excluding hydrogens is 330 g/mol. The molecule has 140 valence electrons. The van der Waals surface area contributed by atoms with Gasteiger partial charge in [-0.15, -0.1) is 0 Å². The lowest BCUT2D eigenvalue weighted by atomic mass is 9.54. The number of carbonyl (C=O) groups excluding carboxylic acids is 1. The van der Waals surface area contributed by atoms with Crippen molar-refractivity contribution in [2.75, 3.05) is 6.61 Å². The van der Waals surface area contributed by atoms with E-state index in [1.165, 1.54) is 6.07 Å². The number of hydrogen-bond acceptors (Lipinski definition) is 4. The molecule has 0 heterocycles. The Morgan fingerprint density at radius 3 is 2.60 bits per heavy atom. The Morgan fingerprint density at radius 1 is 1.40 bits per heavy atom. The minimum atomic E-state index is -2.93. The summed E-state index contributed by atoms with van der Waals surface area (Å²) in [5.74, 6) is -0.288. The van der Waals surface area contributed by atoms with Crippen LogP contribution in [0, 0.1) is 5.41 Å². The topological polar surface area (TPSA) is 73.6 Å². The predicted octanol–water partition coefficient (Wildman–Crippen LogP) is 3.00. The normalized spacial score (nSPS) is 26.0. The van der Waals surface area contributed by atoms with Crippen molar-refractivity contribution in [2.45, 2.75) is 58.4 Å². The van der Waals surface area contributed by atoms with Crippen LogP contribution in [0.5, 0.6) is 5.75 Å². The van der Waals surface area contributed by atoms with Crippen molar-refractivity contribution in [1.82, 2.24) is 5.32 Å². The van der Waals surface area contributed by atoms with Gasteiger partial charge in [0.05, 0.1) is 12.1 Å². The predicted molar refractivity (Wildman–Crippen MR) is 90.4 cm³/mol. The molecule has 2 rings (SSSR count). The van der Waals surface area contributed by atoms with Gasteiger partial charge in [-0.05, 0) is 19.9 Å². The van der Waals surface area contributed by atoms with Gasteiger partial charge in [-0.2, -0.15) is 8.78 Å². The van der Waals surface area contributed by atoms with Crippen molar-refractivity contribution in [1.29, 1.82) is 0 Å². The highest BCUT2D eigenvalue weighted by Crippen LogP contribution is 2.50. The van der Waals surface area contributed by atoms with Gasteiger partial charge in [0.25, 0.3) is 0 Å². The van der Waals surface area contributed by atoms with Gasteiger partial charge in [0.1, 0.15) is 11.3 Å². The van der Waals surface area contributed by atoms with Crippen molar-refractivity contribution >= 4 is 5.91 Å². The smallest absolute Gasteiger partial charge is 0.387 e. The van der Waals surface area contributed by atoms with Crippen LogP contribution in [0.2, 0.25) is 0 Å². The quantitative estimate of drug-likeness (QED) is 0.788. The molecule has 3 atom stereocenters. The maximum atomic E-state index is 12.7. The van der Waals surface area contributed by atoms with E-state index in [4.69, 9.17) is 10.5 Å². The van der Waals surface area contributed by atoms with E-state index < -0.39 is 23.6 Å². The van der Waals surface area contributed by atoms with Crippen LogP contribution in [-0.2, 0) is 9.53 Å². The number of halogens is 2. The van der Waals surface area contributed by atoms with Crippen molar-refractivity contribution < 1.29 is 23.0 Å². The first-order valence-electron chi connectivity index (χ1n) is 8.38. The maximum Gasteiger partial charge on any atom is 0.387 e. The van der Waals surface area contributed by atoms with E-state index >= 15 is 0 Å². The first-order chi connectivity index (χ1) is 11.6. The third-order valence-electron chi connectivity index (χ3n) is 5.18. The van der Waals surface area contributed by atoms with Gasteiger partial charge in [-0.1, -0.05) is 32.0 Å². The lowest BCUT2D eigenvalue weighted by molar-refractivity contribution is -0.171. The lowest BCUT2D eigenvalue weighted by Gasteiger charge is -2.57. The number of benzene rings is 1. The molecule has 1 aliphatic carbocycles. The number of hydrogen-bond donors (Lipinski definition) is 2. The summed E-state index contributed by atoms with van der Waals surface area (Å²) in [5.41, 5.74) is 5.23. The largest absolute Gasteiger partial charge is 0.434 e. The number of amides is 1. The number of nitrogens with one attached hydrogen (secondary N) is 1. The Morgan fingerprint density at radius 2 is 2.04 bits per heavy atom. The van der Waals surface area contributed by atoms with Gasteiger partial charge < -0.3 is 20.5 Å². The summed E-state index contributed by atoms with van der Waals surface area (Å²) in [7, 11) is 0. The summed E-state index contributed by atoms with van der Waals surface area (Å²) in [6.07, 6.45) is 0.333. The molecule has 3 N–H and O–H groups in total. The Kier molecular flexibility index (Phi) is 5.68. The second-order valence-electron chi connectivity index (χ2n) is 6.95. The zero-order chi connectivity index (χ0) is 18.8. The fourth-order valence-electron chi connectivity index (χ4n) is 3.27. The van der Waals surface area contributed by atoms with E-state index in [0.29, 0.717) is 18.6 Å². The van der Waals surface area contributed by atoms with E-state index in [1.807, 2.05) is 20.8 Å². The van der Waals surface area contributed by atoms with E-state index in [1.54, 1.807) is 25.1 Å². The fraction of sp³-hybridized carbons (Fsp3) is 0.611. The van der Waals surface area contributed by atoms with Crippen molar-refractivity contribution in [3.63, 3.8) is 0 Å². The highest BCUT2D eigenvalue weighted by atomic mass is 19.3. The Bertz CT molecular complexity index is 624. The molecule has 1 amide bonds. The Hall–Kier alpha value is -1.73. The molecule has 1 aromatic carbocycles. The third kappa shape index (κ3) is 3.62. The number of rotatable bonds is 7. The summed E-state index contributed by atoms with van der Waals surface area (Å²) < 4.78 is 35.3. The molecule has 1 fully saturated rings. The first-order valence-corrected chi connectivity index (χ1v) is 8.38. The minimum absolute atomic E-state index is 0.0384. The molecule has 0 aromatic heterocycles. The molecule has 1 aromatic rings. The summed E-state index contributed by atoms with van der Waals surface area (Å²) in [4.78, 5) is 12.7. The monoisotopic (exact) mass is 356 g/mol. The number of alkyl halides is 2. The van der Waals surface area contributed by atoms with Gasteiger partial charge in [0, 0.05) is 24.0 Å². The van der Waals surface area contributed by atoms with Crippen LogP contribution in [-0.4, -0.2) is 30.8 Å². The Labute approximate surface area is 146 Å². The molecule has 0 aliphatic heterocycles. The lowest BCUT2D eigenvalue weighted by Crippen LogP contribution is -2.75. The summed E-state index contributed by atoms with van der Waals surface area (Å²) >= 11 is 0. The highest BCUT2D eigenvalue weighted by Gasteiger charge is 2.62. The van der Waals surface area contributed by atoms with E-state index in [2.05, 4.69) is 10.1 Å². The van der Waals surface area contributed by atoms with E-state index in [0.717, 1.165) is 0 Å². The second kappa shape index (κ2) is 7.25. The van der Waals surface area contributed by atoms with Crippen LogP contribution >= 0.6 is 0 Å². The molecule has 5 nitrogen and oxygen atoms in total. The molecule has 0 bridgehead atoms. The number of carbonyl (C=O) groups is 1. The standard InChI is InChI=1S/C18H26F2N2O3/c1-5-24-14-10-18(21,17(14,3)4)15(23)22-11(2)12-8-6-7-9-13(12)25-16(19)20/h6-9,11,14,16H,5,10,21H2,1-4H3,(H,22,23). The number of ether oxygens (including phenoxy) is 2. The highest BCUT2D eigenvalue weighted by molar-refractivity contribution is 5.89. The fourth-order valence-corrected chi connectivity index (χ4v) is 3.27. The van der Waals surface area contributed by atoms with Crippen LogP contribution in [0.25, 0.3) is 0 Å². The summed E-state index contributed by atoms with van der Waals surface area (Å²) in [6, 6.07) is 5.86. The molecule has 0 saturated heterocycles. The van der Waals surface area contributed by atoms with Crippen molar-refractivity contribution in [3.8, 4) is 5.75 Å². The van der Waals surface area contributed by atoms with Crippen LogP contribution < -0.4 is 15.8 Å². The third-order valence-corrected chi connectivity index (χ3v) is 5.18. The van der Waals surface area contributed by atoms with Crippen LogP contribution in [0.1, 0.15) is 45.7 Å². The Balaban J connectivity index is 2.11. The number of nitrogens with two attached hydrogens (primary N) is 1. The van der Waals surface area contributed by atoms with Gasteiger partial charge in [0.2, 0.25) is 5.91 Å². The van der Waals surface area contributed by atoms with Gasteiger partial charge in [-0.3, -0.25) is 4.79 Å². The molecule has 1 aliphatic rings. The summed E-state index contributed by atoms with van der Waals surface area (Å²) in [5, 5.41) is 2.83. The molecule has 0 radical (unpaired) electrons. The average molecular weight is 356 g/mol. The van der Waals surface area contributed by atoms with Crippen LogP contribution in [0.3, 0.4) is 0 Å². The minimum Gasteiger partial charge on any atom is -0.434 e. The van der Waals surface area contributed by atoms with E-state index in [9.17, 15) is 13.6 Å². The molecule has 1 saturated carbocycles. The second-order valence-corrected chi connectivity index (χ2v) is 6.95. The molecule has 3 unspecified atom stereocenters. The average Bonchev–Trinajstić information content (AvgIpc) is 2.54. The zero-order valence-corrected chi connectivity index (χ0v) is 15.0. The van der Waals surface area contributed by atoms with E-state index in [-0.39, 0.29) is 17.8 Å². The van der Waals surface area contributed by atoms with Crippen molar-refractivity contribution in [3.05, 3.63) is 29.8 Å². The first kappa shape index (κ1) is 19.6. The zero-order valence-electron chi connectivity index (χ0n) is 15.0. The van der Waals surface area contributed by atoms with Crippen molar-refractivity contribution in [2.24, 2.45) is 11.1 Å². The van der Waals surface area contributed by atoms with Gasteiger partial charge in [0.15, 0.2) is 0 Å². The molecule has 7 heteroatoms. The van der Waals surface area contributed by atoms with Gasteiger partial charge >= 0.3 is 6.61 Å². The molecule has 25 heavy (non-hydrogen) atoms. The molecule has 0 spiro atoms. The molecular formula is C18H26F2N2O3. The SMILES string of the molecule is CCOC1CC(N)(C(=O)NC(C)c2ccccc2OC(F)F)C1(C)C. The number of para-hydroxylation sites is 1. The summed E-state index contributed by atoms with van der Waals surface area (Å²) in [6.45, 7) is 5.03. The van der Waals surface area contributed by atoms with Crippen LogP contribution in [0.15, 0.2) is 24.3 Å². The van der Waals surface area contributed by atoms with Crippen LogP contribution in [0.4, 0.5) is 8.78 Å². The maximum absolute atomic E-state index is 12.7. The van der Waals surface area contributed by atoms with Gasteiger partial charge in [-0.25, -0.2) is 0 Å².